The van der Waals surface area contributed by atoms with Crippen molar-refractivity contribution in [3.05, 3.63) is 35.9 Å². The first-order valence-electron chi connectivity index (χ1n) is 6.44. The topological polar surface area (TPSA) is 32.3 Å². The molecule has 96 valence electrons. The van der Waals surface area contributed by atoms with Gasteiger partial charge in [-0.15, -0.1) is 0 Å². The minimum Gasteiger partial charge on any atom is -0.396 e. The highest BCUT2D eigenvalue weighted by molar-refractivity contribution is 5.17. The molecule has 0 aliphatic heterocycles. The van der Waals surface area contributed by atoms with Crippen LogP contribution in [0.5, 0.6) is 0 Å². The minimum atomic E-state index is 0.0532. The van der Waals surface area contributed by atoms with E-state index in [1.54, 1.807) is 0 Å². The molecule has 1 rings (SSSR count). The van der Waals surface area contributed by atoms with Crippen molar-refractivity contribution in [3.8, 4) is 0 Å². The molecule has 1 atom stereocenters. The zero-order valence-electron chi connectivity index (χ0n) is 11.2. The van der Waals surface area contributed by atoms with E-state index in [1.807, 2.05) is 6.07 Å². The Hall–Kier alpha value is -0.860. The predicted octanol–water partition coefficient (Wildman–Crippen LogP) is 3.14. The third kappa shape index (κ3) is 5.33. The number of hydrogen-bond donors (Lipinski definition) is 2. The zero-order valence-corrected chi connectivity index (χ0v) is 11.2. The van der Waals surface area contributed by atoms with Crippen molar-refractivity contribution in [2.75, 3.05) is 13.2 Å². The summed E-state index contributed by atoms with van der Waals surface area (Å²) in [6, 6.07) is 10.9. The lowest BCUT2D eigenvalue weighted by Crippen LogP contribution is -2.23. The Morgan fingerprint density at radius 2 is 1.88 bits per heavy atom. The van der Waals surface area contributed by atoms with Crippen molar-refractivity contribution in [2.45, 2.75) is 39.7 Å². The Morgan fingerprint density at radius 1 is 1.24 bits per heavy atom. The smallest absolute Gasteiger partial charge is 0.0482 e. The summed E-state index contributed by atoms with van der Waals surface area (Å²) in [5, 5.41) is 12.7. The van der Waals surface area contributed by atoms with Gasteiger partial charge in [0, 0.05) is 12.6 Å². The van der Waals surface area contributed by atoms with Crippen molar-refractivity contribution in [3.63, 3.8) is 0 Å². The molecular weight excluding hydrogens is 210 g/mol. The molecule has 0 saturated heterocycles. The van der Waals surface area contributed by atoms with Crippen LogP contribution in [0.2, 0.25) is 0 Å². The van der Waals surface area contributed by atoms with Crippen LogP contribution in [-0.4, -0.2) is 18.3 Å². The summed E-state index contributed by atoms with van der Waals surface area (Å²) in [7, 11) is 0. The first kappa shape index (κ1) is 14.2. The summed E-state index contributed by atoms with van der Waals surface area (Å²) in [5.41, 5.74) is 1.38. The van der Waals surface area contributed by atoms with Gasteiger partial charge >= 0.3 is 0 Å². The second-order valence-electron chi connectivity index (χ2n) is 5.51. The van der Waals surface area contributed by atoms with E-state index in [9.17, 15) is 0 Å². The summed E-state index contributed by atoms with van der Waals surface area (Å²) in [5.74, 6) is 0. The Morgan fingerprint density at radius 3 is 2.47 bits per heavy atom. The van der Waals surface area contributed by atoms with Crippen molar-refractivity contribution in [1.82, 2.24) is 5.32 Å². The van der Waals surface area contributed by atoms with Gasteiger partial charge in [-0.1, -0.05) is 44.2 Å². The molecule has 0 spiro atoms. The van der Waals surface area contributed by atoms with Crippen LogP contribution in [0.4, 0.5) is 0 Å². The number of aliphatic hydroxyl groups excluding tert-OH is 1. The van der Waals surface area contributed by atoms with Crippen molar-refractivity contribution in [2.24, 2.45) is 5.41 Å². The fourth-order valence-electron chi connectivity index (χ4n) is 1.82. The summed E-state index contributed by atoms with van der Waals surface area (Å²) >= 11 is 0. The maximum Gasteiger partial charge on any atom is 0.0482 e. The normalized spacial score (nSPS) is 13.6. The van der Waals surface area contributed by atoms with Gasteiger partial charge in [-0.05, 0) is 37.3 Å². The maximum absolute atomic E-state index is 9.16. The van der Waals surface area contributed by atoms with E-state index in [1.165, 1.54) is 5.56 Å². The average molecular weight is 235 g/mol. The van der Waals surface area contributed by atoms with Crippen LogP contribution in [0.3, 0.4) is 0 Å². The van der Waals surface area contributed by atoms with Crippen LogP contribution in [0.15, 0.2) is 30.3 Å². The van der Waals surface area contributed by atoms with Gasteiger partial charge in [0.1, 0.15) is 0 Å². The summed E-state index contributed by atoms with van der Waals surface area (Å²) in [6.45, 7) is 7.66. The third-order valence-electron chi connectivity index (χ3n) is 3.21. The lowest BCUT2D eigenvalue weighted by Gasteiger charge is -2.22. The van der Waals surface area contributed by atoms with E-state index in [2.05, 4.69) is 50.4 Å². The number of nitrogens with one attached hydrogen (secondary N) is 1. The molecule has 2 heteroatoms. The fourth-order valence-corrected chi connectivity index (χ4v) is 1.82. The van der Waals surface area contributed by atoms with Crippen LogP contribution >= 0.6 is 0 Å². The number of hydrogen-bond acceptors (Lipinski definition) is 2. The third-order valence-corrected chi connectivity index (χ3v) is 3.21. The molecule has 2 N–H and O–H groups in total. The molecule has 0 aliphatic rings. The van der Waals surface area contributed by atoms with Crippen LogP contribution in [-0.2, 0) is 0 Å². The highest BCUT2D eigenvalue weighted by Crippen LogP contribution is 2.20. The Balaban J connectivity index is 2.24. The van der Waals surface area contributed by atoms with Crippen LogP contribution in [0.25, 0.3) is 0 Å². The van der Waals surface area contributed by atoms with E-state index >= 15 is 0 Å². The van der Waals surface area contributed by atoms with Gasteiger partial charge in [0.2, 0.25) is 0 Å². The molecule has 0 bridgehead atoms. The van der Waals surface area contributed by atoms with Gasteiger partial charge in [-0.2, -0.15) is 0 Å². The van der Waals surface area contributed by atoms with Gasteiger partial charge in [-0.25, -0.2) is 0 Å². The molecule has 0 saturated carbocycles. The predicted molar refractivity (Wildman–Crippen MR) is 73.0 cm³/mol. The molecule has 0 aliphatic carbocycles. The highest BCUT2D eigenvalue weighted by Gasteiger charge is 2.15. The standard InChI is InChI=1S/C15H25NO/c1-13(14-8-5-4-6-9-14)16-11-7-10-15(2,3)12-17/h4-6,8-9,13,16-17H,7,10-12H2,1-3H3. The fraction of sp³-hybridized carbons (Fsp3) is 0.600. The second kappa shape index (κ2) is 6.77. The second-order valence-corrected chi connectivity index (χ2v) is 5.51. The molecule has 0 radical (unpaired) electrons. The summed E-state index contributed by atoms with van der Waals surface area (Å²) in [6.07, 6.45) is 2.16. The van der Waals surface area contributed by atoms with Crippen LogP contribution in [0, 0.1) is 5.41 Å². The van der Waals surface area contributed by atoms with E-state index in [4.69, 9.17) is 5.11 Å². The molecular formula is C15H25NO. The lowest BCUT2D eigenvalue weighted by atomic mass is 9.89. The molecule has 0 amide bonds. The number of benzene rings is 1. The molecule has 1 aromatic rings. The molecule has 0 fully saturated rings. The van der Waals surface area contributed by atoms with Crippen molar-refractivity contribution >= 4 is 0 Å². The van der Waals surface area contributed by atoms with Crippen molar-refractivity contribution < 1.29 is 5.11 Å². The minimum absolute atomic E-state index is 0.0532. The first-order chi connectivity index (χ1) is 8.05. The van der Waals surface area contributed by atoms with E-state index in [0.717, 1.165) is 19.4 Å². The molecule has 1 unspecified atom stereocenters. The molecule has 17 heavy (non-hydrogen) atoms. The monoisotopic (exact) mass is 235 g/mol. The number of rotatable bonds is 7. The first-order valence-corrected chi connectivity index (χ1v) is 6.44. The van der Waals surface area contributed by atoms with Gasteiger partial charge < -0.3 is 10.4 Å². The highest BCUT2D eigenvalue weighted by atomic mass is 16.3. The van der Waals surface area contributed by atoms with Gasteiger partial charge in [0.15, 0.2) is 0 Å². The molecule has 0 heterocycles. The van der Waals surface area contributed by atoms with E-state index in [0.29, 0.717) is 6.04 Å². The molecule has 2 nitrogen and oxygen atoms in total. The maximum atomic E-state index is 9.16. The van der Waals surface area contributed by atoms with Crippen LogP contribution < -0.4 is 5.32 Å². The van der Waals surface area contributed by atoms with E-state index in [-0.39, 0.29) is 12.0 Å². The van der Waals surface area contributed by atoms with Gasteiger partial charge in [-0.3, -0.25) is 0 Å². The Labute approximate surface area is 105 Å². The summed E-state index contributed by atoms with van der Waals surface area (Å²) in [4.78, 5) is 0. The van der Waals surface area contributed by atoms with Gasteiger partial charge in [0.05, 0.1) is 0 Å². The Kier molecular flexibility index (Phi) is 5.66. The van der Waals surface area contributed by atoms with Crippen LogP contribution in [0.1, 0.15) is 45.2 Å². The average Bonchev–Trinajstić information content (AvgIpc) is 2.35. The SMILES string of the molecule is CC(NCCCC(C)(C)CO)c1ccccc1. The van der Waals surface area contributed by atoms with E-state index < -0.39 is 0 Å². The largest absolute Gasteiger partial charge is 0.396 e. The number of aliphatic hydroxyl groups is 1. The quantitative estimate of drug-likeness (QED) is 0.712. The summed E-state index contributed by atoms with van der Waals surface area (Å²) < 4.78 is 0. The van der Waals surface area contributed by atoms with Crippen molar-refractivity contribution in [1.29, 1.82) is 0 Å². The molecule has 1 aromatic carbocycles. The Bertz CT molecular complexity index is 308. The zero-order chi connectivity index (χ0) is 12.7. The van der Waals surface area contributed by atoms with Gasteiger partial charge in [0.25, 0.3) is 0 Å². The molecule has 0 aromatic heterocycles. The lowest BCUT2D eigenvalue weighted by molar-refractivity contribution is 0.147.